The smallest absolute Gasteiger partial charge is 0.240 e. The third-order valence-corrected chi connectivity index (χ3v) is 5.50. The Balaban J connectivity index is 2.03. The summed E-state index contributed by atoms with van der Waals surface area (Å²) in [5.74, 6) is 0.562. The summed E-state index contributed by atoms with van der Waals surface area (Å²) in [7, 11) is -2.87. The Morgan fingerprint density at radius 1 is 1.17 bits per heavy atom. The van der Waals surface area contributed by atoms with Crippen molar-refractivity contribution < 1.29 is 13.2 Å². The van der Waals surface area contributed by atoms with E-state index in [1.54, 1.807) is 0 Å². The highest BCUT2D eigenvalue weighted by molar-refractivity contribution is 7.91. The lowest BCUT2D eigenvalue weighted by Crippen LogP contribution is -2.57. The zero-order valence-electron chi connectivity index (χ0n) is 11.1. The van der Waals surface area contributed by atoms with Crippen molar-refractivity contribution in [1.29, 1.82) is 0 Å². The van der Waals surface area contributed by atoms with Crippen LogP contribution < -0.4 is 0 Å². The second-order valence-electron chi connectivity index (χ2n) is 5.47. The van der Waals surface area contributed by atoms with Crippen LogP contribution in [-0.4, -0.2) is 67.3 Å². The van der Waals surface area contributed by atoms with Crippen molar-refractivity contribution in [3.63, 3.8) is 0 Å². The quantitative estimate of drug-likeness (QED) is 0.717. The minimum Gasteiger partial charge on any atom is -0.339 e. The van der Waals surface area contributed by atoms with Crippen LogP contribution >= 0.6 is 0 Å². The fourth-order valence-corrected chi connectivity index (χ4v) is 4.00. The molecule has 0 aromatic heterocycles. The first-order chi connectivity index (χ1) is 8.41. The molecule has 0 unspecified atom stereocenters. The molecular weight excluding hydrogens is 252 g/mol. The van der Waals surface area contributed by atoms with Gasteiger partial charge in [0.25, 0.3) is 0 Å². The minimum atomic E-state index is -2.87. The second kappa shape index (κ2) is 5.17. The summed E-state index contributed by atoms with van der Waals surface area (Å²) in [4.78, 5) is 16.3. The Kier molecular flexibility index (Phi) is 3.96. The van der Waals surface area contributed by atoms with Crippen LogP contribution in [0.15, 0.2) is 0 Å². The standard InChI is InChI=1S/C12H22N2O3S/c1-10(2)14-5-3-4-11(12(14)15)13-6-8-18(16,17)9-7-13/h10-11H,3-9H2,1-2H3/t11-/m1/s1. The summed E-state index contributed by atoms with van der Waals surface area (Å²) < 4.78 is 22.8. The van der Waals surface area contributed by atoms with Gasteiger partial charge < -0.3 is 4.90 Å². The molecule has 18 heavy (non-hydrogen) atoms. The average Bonchev–Trinajstić information content (AvgIpc) is 2.29. The van der Waals surface area contributed by atoms with E-state index in [9.17, 15) is 13.2 Å². The maximum Gasteiger partial charge on any atom is 0.240 e. The van der Waals surface area contributed by atoms with E-state index in [0.717, 1.165) is 19.4 Å². The van der Waals surface area contributed by atoms with Gasteiger partial charge in [0.2, 0.25) is 5.91 Å². The fraction of sp³-hybridized carbons (Fsp3) is 0.917. The lowest BCUT2D eigenvalue weighted by molar-refractivity contribution is -0.142. The molecule has 0 N–H and O–H groups in total. The molecule has 5 nitrogen and oxygen atoms in total. The molecule has 0 aromatic rings. The minimum absolute atomic E-state index is 0.100. The monoisotopic (exact) mass is 274 g/mol. The van der Waals surface area contributed by atoms with Crippen LogP contribution in [0.1, 0.15) is 26.7 Å². The summed E-state index contributed by atoms with van der Waals surface area (Å²) in [6, 6.07) is 0.130. The van der Waals surface area contributed by atoms with Gasteiger partial charge in [0.05, 0.1) is 17.5 Å². The summed E-state index contributed by atoms with van der Waals surface area (Å²) in [5, 5.41) is 0. The summed E-state index contributed by atoms with van der Waals surface area (Å²) in [5.41, 5.74) is 0. The van der Waals surface area contributed by atoms with E-state index in [4.69, 9.17) is 0 Å². The van der Waals surface area contributed by atoms with Gasteiger partial charge in [-0.2, -0.15) is 0 Å². The van der Waals surface area contributed by atoms with Gasteiger partial charge in [-0.05, 0) is 26.7 Å². The van der Waals surface area contributed by atoms with Gasteiger partial charge in [0, 0.05) is 25.7 Å². The highest BCUT2D eigenvalue weighted by Gasteiger charge is 2.36. The van der Waals surface area contributed by atoms with E-state index < -0.39 is 9.84 Å². The summed E-state index contributed by atoms with van der Waals surface area (Å²) >= 11 is 0. The van der Waals surface area contributed by atoms with Crippen LogP contribution in [0.3, 0.4) is 0 Å². The van der Waals surface area contributed by atoms with Crippen molar-refractivity contribution in [3.8, 4) is 0 Å². The largest absolute Gasteiger partial charge is 0.339 e. The average molecular weight is 274 g/mol. The van der Waals surface area contributed by atoms with Gasteiger partial charge in [-0.25, -0.2) is 8.42 Å². The number of sulfone groups is 1. The van der Waals surface area contributed by atoms with E-state index in [-0.39, 0.29) is 29.5 Å². The molecule has 0 spiro atoms. The van der Waals surface area contributed by atoms with Crippen LogP contribution in [0.4, 0.5) is 0 Å². The molecule has 0 radical (unpaired) electrons. The number of hydrogen-bond acceptors (Lipinski definition) is 4. The van der Waals surface area contributed by atoms with Crippen LogP contribution in [0.5, 0.6) is 0 Å². The Bertz CT molecular complexity index is 405. The van der Waals surface area contributed by atoms with E-state index in [1.807, 2.05) is 18.7 Å². The molecule has 0 aliphatic carbocycles. The molecule has 2 aliphatic heterocycles. The highest BCUT2D eigenvalue weighted by Crippen LogP contribution is 2.21. The van der Waals surface area contributed by atoms with E-state index >= 15 is 0 Å². The molecule has 2 rings (SSSR count). The van der Waals surface area contributed by atoms with Gasteiger partial charge in [0.15, 0.2) is 9.84 Å². The number of carbonyl (C=O) groups excluding carboxylic acids is 1. The van der Waals surface area contributed by atoms with Crippen molar-refractivity contribution >= 4 is 15.7 Å². The molecule has 6 heteroatoms. The topological polar surface area (TPSA) is 57.7 Å². The third kappa shape index (κ3) is 2.85. The lowest BCUT2D eigenvalue weighted by atomic mass is 10.0. The third-order valence-electron chi connectivity index (χ3n) is 3.89. The van der Waals surface area contributed by atoms with Gasteiger partial charge in [-0.15, -0.1) is 0 Å². The number of carbonyl (C=O) groups is 1. The number of amides is 1. The molecule has 2 aliphatic rings. The zero-order valence-corrected chi connectivity index (χ0v) is 11.9. The maximum absolute atomic E-state index is 12.4. The number of piperidine rings is 1. The van der Waals surface area contributed by atoms with Crippen molar-refractivity contribution in [2.75, 3.05) is 31.1 Å². The van der Waals surface area contributed by atoms with Gasteiger partial charge in [-0.1, -0.05) is 0 Å². The van der Waals surface area contributed by atoms with E-state index in [2.05, 4.69) is 4.90 Å². The van der Waals surface area contributed by atoms with Crippen molar-refractivity contribution in [3.05, 3.63) is 0 Å². The van der Waals surface area contributed by atoms with Crippen molar-refractivity contribution in [2.45, 2.75) is 38.8 Å². The summed E-state index contributed by atoms with van der Waals surface area (Å²) in [6.07, 6.45) is 1.87. The lowest BCUT2D eigenvalue weighted by Gasteiger charge is -2.41. The fourth-order valence-electron chi connectivity index (χ4n) is 2.77. The normalized spacial score (nSPS) is 29.8. The maximum atomic E-state index is 12.4. The molecule has 2 saturated heterocycles. The molecule has 0 bridgehead atoms. The Morgan fingerprint density at radius 3 is 2.33 bits per heavy atom. The first kappa shape index (κ1) is 13.8. The Hall–Kier alpha value is -0.620. The molecule has 2 fully saturated rings. The van der Waals surface area contributed by atoms with Gasteiger partial charge >= 0.3 is 0 Å². The first-order valence-corrected chi connectivity index (χ1v) is 8.48. The number of likely N-dealkylation sites (tertiary alicyclic amines) is 1. The molecular formula is C12H22N2O3S. The van der Waals surface area contributed by atoms with Gasteiger partial charge in [-0.3, -0.25) is 9.69 Å². The van der Waals surface area contributed by atoms with Crippen molar-refractivity contribution in [2.24, 2.45) is 0 Å². The second-order valence-corrected chi connectivity index (χ2v) is 7.77. The molecule has 104 valence electrons. The molecule has 2 heterocycles. The van der Waals surface area contributed by atoms with Crippen LogP contribution in [0.25, 0.3) is 0 Å². The number of hydrogen-bond donors (Lipinski definition) is 0. The van der Waals surface area contributed by atoms with E-state index in [1.165, 1.54) is 0 Å². The SMILES string of the molecule is CC(C)N1CCC[C@@H](N2CCS(=O)(=O)CC2)C1=O. The molecule has 1 amide bonds. The van der Waals surface area contributed by atoms with Crippen molar-refractivity contribution in [1.82, 2.24) is 9.80 Å². The predicted octanol–water partition coefficient (Wildman–Crippen LogP) is 0.116. The van der Waals surface area contributed by atoms with Crippen LogP contribution in [0.2, 0.25) is 0 Å². The van der Waals surface area contributed by atoms with Crippen LogP contribution in [-0.2, 0) is 14.6 Å². The first-order valence-electron chi connectivity index (χ1n) is 6.66. The number of nitrogens with zero attached hydrogens (tertiary/aromatic N) is 2. The summed E-state index contributed by atoms with van der Waals surface area (Å²) in [6.45, 7) is 5.90. The van der Waals surface area contributed by atoms with Gasteiger partial charge in [0.1, 0.15) is 0 Å². The highest BCUT2D eigenvalue weighted by atomic mass is 32.2. The molecule has 0 saturated carbocycles. The molecule has 1 atom stereocenters. The number of rotatable bonds is 2. The molecule has 0 aromatic carbocycles. The Labute approximate surface area is 109 Å². The zero-order chi connectivity index (χ0) is 13.3. The predicted molar refractivity (Wildman–Crippen MR) is 70.1 cm³/mol. The van der Waals surface area contributed by atoms with E-state index in [0.29, 0.717) is 13.1 Å². The van der Waals surface area contributed by atoms with Crippen LogP contribution in [0, 0.1) is 0 Å². The Morgan fingerprint density at radius 2 is 1.78 bits per heavy atom.